The van der Waals surface area contributed by atoms with Gasteiger partial charge in [0, 0.05) is 5.02 Å². The number of rotatable bonds is 4. The van der Waals surface area contributed by atoms with Gasteiger partial charge in [-0.25, -0.2) is 13.1 Å². The summed E-state index contributed by atoms with van der Waals surface area (Å²) in [6, 6.07) is 4.81. The van der Waals surface area contributed by atoms with Crippen molar-refractivity contribution in [3.63, 3.8) is 0 Å². The normalized spacial score (nSPS) is 26.6. The molecule has 2 rings (SSSR count). The second-order valence-electron chi connectivity index (χ2n) is 4.87. The molecule has 20 heavy (non-hydrogen) atoms. The quantitative estimate of drug-likeness (QED) is 0.867. The number of hydrogen-bond acceptors (Lipinski definition) is 4. The predicted octanol–water partition coefficient (Wildman–Crippen LogP) is 1.11. The van der Waals surface area contributed by atoms with Gasteiger partial charge in [0.1, 0.15) is 5.41 Å². The maximum absolute atomic E-state index is 12.2. The Hall–Kier alpha value is -1.15. The van der Waals surface area contributed by atoms with Gasteiger partial charge in [-0.05, 0) is 31.2 Å². The van der Waals surface area contributed by atoms with E-state index in [4.69, 9.17) is 16.3 Å². The van der Waals surface area contributed by atoms with Crippen molar-refractivity contribution in [1.29, 1.82) is 0 Å². The van der Waals surface area contributed by atoms with E-state index in [1.807, 2.05) is 0 Å². The van der Waals surface area contributed by atoms with Gasteiger partial charge < -0.3 is 9.84 Å². The Kier molecular flexibility index (Phi) is 4.06. The van der Waals surface area contributed by atoms with E-state index in [-0.39, 0.29) is 18.1 Å². The van der Waals surface area contributed by atoms with Crippen LogP contribution in [-0.4, -0.2) is 38.7 Å². The maximum atomic E-state index is 12.2. The van der Waals surface area contributed by atoms with Crippen molar-refractivity contribution in [3.05, 3.63) is 29.3 Å². The van der Waals surface area contributed by atoms with Crippen LogP contribution in [0.25, 0.3) is 0 Å². The van der Waals surface area contributed by atoms with Gasteiger partial charge in [0.05, 0.1) is 24.2 Å². The summed E-state index contributed by atoms with van der Waals surface area (Å²) in [5, 5.41) is 9.63. The van der Waals surface area contributed by atoms with Crippen molar-refractivity contribution in [2.45, 2.75) is 17.9 Å². The molecule has 1 heterocycles. The number of carboxylic acid groups (broad SMARTS) is 1. The first kappa shape index (κ1) is 15.2. The van der Waals surface area contributed by atoms with Crippen LogP contribution >= 0.6 is 11.6 Å². The Bertz CT molecular complexity index is 615. The molecule has 0 amide bonds. The van der Waals surface area contributed by atoms with Crippen LogP contribution in [0.1, 0.15) is 6.92 Å². The molecule has 1 aromatic rings. The lowest BCUT2D eigenvalue weighted by Crippen LogP contribution is -2.49. The highest BCUT2D eigenvalue weighted by Crippen LogP contribution is 2.30. The minimum atomic E-state index is -3.82. The lowest BCUT2D eigenvalue weighted by atomic mass is 9.86. The fourth-order valence-corrected chi connectivity index (χ4v) is 3.38. The van der Waals surface area contributed by atoms with Gasteiger partial charge in [-0.2, -0.15) is 0 Å². The summed E-state index contributed by atoms with van der Waals surface area (Å²) in [5.41, 5.74) is -1.28. The van der Waals surface area contributed by atoms with E-state index in [1.165, 1.54) is 31.2 Å². The first-order valence-electron chi connectivity index (χ1n) is 5.85. The van der Waals surface area contributed by atoms with E-state index in [2.05, 4.69) is 4.72 Å². The number of benzene rings is 1. The smallest absolute Gasteiger partial charge is 0.313 e. The molecule has 2 N–H and O–H groups in total. The summed E-state index contributed by atoms with van der Waals surface area (Å²) >= 11 is 5.71. The molecule has 110 valence electrons. The molecule has 1 fully saturated rings. The van der Waals surface area contributed by atoms with Crippen LogP contribution in [0.5, 0.6) is 0 Å². The van der Waals surface area contributed by atoms with E-state index < -0.39 is 27.4 Å². The lowest BCUT2D eigenvalue weighted by molar-refractivity contribution is -0.148. The standard InChI is InChI=1S/C12H14ClNO5S/c1-12(11(15)16)7-19-6-10(12)14-20(17,18)9-4-2-8(13)3-5-9/h2-5,10,14H,6-7H2,1H3,(H,15,16). The minimum absolute atomic E-state index is 0.0234. The van der Waals surface area contributed by atoms with Crippen molar-refractivity contribution in [2.24, 2.45) is 5.41 Å². The predicted molar refractivity (Wildman–Crippen MR) is 72.1 cm³/mol. The van der Waals surface area contributed by atoms with Crippen LogP contribution in [0.3, 0.4) is 0 Å². The third kappa shape index (κ3) is 2.80. The molecule has 0 spiro atoms. The van der Waals surface area contributed by atoms with Crippen molar-refractivity contribution in [3.8, 4) is 0 Å². The number of carbonyl (C=O) groups is 1. The molecule has 0 bridgehead atoms. The Labute approximate surface area is 121 Å². The molecule has 1 aromatic carbocycles. The SMILES string of the molecule is CC1(C(=O)O)COCC1NS(=O)(=O)c1ccc(Cl)cc1. The summed E-state index contributed by atoms with van der Waals surface area (Å²) in [7, 11) is -3.82. The molecule has 2 unspecified atom stereocenters. The average Bonchev–Trinajstić information content (AvgIpc) is 2.72. The highest BCUT2D eigenvalue weighted by molar-refractivity contribution is 7.89. The zero-order valence-corrected chi connectivity index (χ0v) is 12.2. The zero-order chi connectivity index (χ0) is 15.0. The van der Waals surface area contributed by atoms with Crippen LogP contribution in [-0.2, 0) is 19.6 Å². The summed E-state index contributed by atoms with van der Waals surface area (Å²) < 4.78 is 31.9. The van der Waals surface area contributed by atoms with E-state index in [0.29, 0.717) is 5.02 Å². The fourth-order valence-electron chi connectivity index (χ4n) is 1.92. The van der Waals surface area contributed by atoms with Crippen LogP contribution < -0.4 is 4.72 Å². The third-order valence-corrected chi connectivity index (χ3v) is 5.10. The molecule has 0 aliphatic carbocycles. The Morgan fingerprint density at radius 2 is 2.05 bits per heavy atom. The molecular weight excluding hydrogens is 306 g/mol. The molecule has 8 heteroatoms. The van der Waals surface area contributed by atoms with Gasteiger partial charge in [0.25, 0.3) is 0 Å². The van der Waals surface area contributed by atoms with Gasteiger partial charge >= 0.3 is 5.97 Å². The zero-order valence-electron chi connectivity index (χ0n) is 10.7. The summed E-state index contributed by atoms with van der Waals surface area (Å²) in [5.74, 6) is -1.10. The second kappa shape index (κ2) is 5.33. The highest BCUT2D eigenvalue weighted by atomic mass is 35.5. The number of hydrogen-bond donors (Lipinski definition) is 2. The molecule has 1 aliphatic rings. The average molecular weight is 320 g/mol. The molecule has 1 aliphatic heterocycles. The van der Waals surface area contributed by atoms with Gasteiger partial charge in [0.2, 0.25) is 10.0 Å². The first-order valence-corrected chi connectivity index (χ1v) is 7.71. The van der Waals surface area contributed by atoms with Crippen molar-refractivity contribution in [2.75, 3.05) is 13.2 Å². The number of nitrogens with one attached hydrogen (secondary N) is 1. The molecule has 2 atom stereocenters. The maximum Gasteiger partial charge on any atom is 0.313 e. The third-order valence-electron chi connectivity index (χ3n) is 3.37. The Balaban J connectivity index is 2.24. The number of carboxylic acids is 1. The molecular formula is C12H14ClNO5S. The topological polar surface area (TPSA) is 92.7 Å². The molecule has 0 saturated carbocycles. The highest BCUT2D eigenvalue weighted by Gasteiger charge is 2.48. The van der Waals surface area contributed by atoms with Gasteiger partial charge in [-0.3, -0.25) is 4.79 Å². The van der Waals surface area contributed by atoms with E-state index in [1.54, 1.807) is 0 Å². The van der Waals surface area contributed by atoms with E-state index >= 15 is 0 Å². The first-order chi connectivity index (χ1) is 9.25. The number of aliphatic carboxylic acids is 1. The van der Waals surface area contributed by atoms with Crippen molar-refractivity contribution in [1.82, 2.24) is 4.72 Å². The van der Waals surface area contributed by atoms with E-state index in [9.17, 15) is 18.3 Å². The van der Waals surface area contributed by atoms with Crippen molar-refractivity contribution >= 4 is 27.6 Å². The Morgan fingerprint density at radius 3 is 2.60 bits per heavy atom. The second-order valence-corrected chi connectivity index (χ2v) is 7.02. The summed E-state index contributed by atoms with van der Waals surface area (Å²) in [6.45, 7) is 1.45. The van der Waals surface area contributed by atoms with Gasteiger partial charge in [0.15, 0.2) is 0 Å². The summed E-state index contributed by atoms with van der Waals surface area (Å²) in [4.78, 5) is 11.3. The molecule has 0 aromatic heterocycles. The Morgan fingerprint density at radius 1 is 1.45 bits per heavy atom. The number of ether oxygens (including phenoxy) is 1. The van der Waals surface area contributed by atoms with Crippen LogP contribution in [0.4, 0.5) is 0 Å². The van der Waals surface area contributed by atoms with Crippen LogP contribution in [0, 0.1) is 5.41 Å². The number of sulfonamides is 1. The number of halogens is 1. The fraction of sp³-hybridized carbons (Fsp3) is 0.417. The van der Waals surface area contributed by atoms with Crippen LogP contribution in [0.2, 0.25) is 5.02 Å². The molecule has 0 radical (unpaired) electrons. The van der Waals surface area contributed by atoms with Gasteiger partial charge in [-0.1, -0.05) is 11.6 Å². The van der Waals surface area contributed by atoms with Crippen LogP contribution in [0.15, 0.2) is 29.2 Å². The largest absolute Gasteiger partial charge is 0.481 e. The minimum Gasteiger partial charge on any atom is -0.481 e. The summed E-state index contributed by atoms with van der Waals surface area (Å²) in [6.07, 6.45) is 0. The molecule has 1 saturated heterocycles. The molecule has 6 nitrogen and oxygen atoms in total. The van der Waals surface area contributed by atoms with Crippen molar-refractivity contribution < 1.29 is 23.1 Å². The van der Waals surface area contributed by atoms with Gasteiger partial charge in [-0.15, -0.1) is 0 Å². The lowest BCUT2D eigenvalue weighted by Gasteiger charge is -2.25. The van der Waals surface area contributed by atoms with E-state index in [0.717, 1.165) is 0 Å². The monoisotopic (exact) mass is 319 g/mol.